The summed E-state index contributed by atoms with van der Waals surface area (Å²) < 4.78 is 2.11. The van der Waals surface area contributed by atoms with Crippen LogP contribution in [-0.4, -0.2) is 45.7 Å². The molecule has 1 atom stereocenters. The molecule has 1 aromatic heterocycles. The number of hydrogen-bond acceptors (Lipinski definition) is 3. The number of imidazole rings is 1. The highest BCUT2D eigenvalue weighted by Crippen LogP contribution is 2.15. The normalized spacial score (nSPS) is 25.1. The van der Waals surface area contributed by atoms with Gasteiger partial charge in [-0.15, -0.1) is 0 Å². The van der Waals surface area contributed by atoms with Gasteiger partial charge >= 0.3 is 0 Å². The molecule has 1 unspecified atom stereocenters. The summed E-state index contributed by atoms with van der Waals surface area (Å²) in [7, 11) is 2.06. The van der Waals surface area contributed by atoms with Gasteiger partial charge in [-0.25, -0.2) is 4.98 Å². The van der Waals surface area contributed by atoms with Crippen molar-refractivity contribution in [1.82, 2.24) is 19.8 Å². The predicted molar refractivity (Wildman–Crippen MR) is 70.0 cm³/mol. The Hall–Kier alpha value is -0.870. The summed E-state index contributed by atoms with van der Waals surface area (Å²) >= 11 is 0. The Balaban J connectivity index is 1.91. The lowest BCUT2D eigenvalue weighted by Gasteiger charge is -2.43. The molecule has 0 bridgehead atoms. The van der Waals surface area contributed by atoms with Crippen LogP contribution in [0.25, 0.3) is 0 Å². The molecule has 17 heavy (non-hydrogen) atoms. The Morgan fingerprint density at radius 3 is 2.94 bits per heavy atom. The number of piperazine rings is 1. The van der Waals surface area contributed by atoms with Crippen LogP contribution < -0.4 is 5.32 Å². The van der Waals surface area contributed by atoms with Gasteiger partial charge < -0.3 is 9.88 Å². The van der Waals surface area contributed by atoms with Gasteiger partial charge in [0.2, 0.25) is 0 Å². The van der Waals surface area contributed by atoms with Crippen molar-refractivity contribution in [2.24, 2.45) is 7.05 Å². The van der Waals surface area contributed by atoms with E-state index in [0.29, 0.717) is 6.04 Å². The van der Waals surface area contributed by atoms with Crippen molar-refractivity contribution in [3.05, 3.63) is 18.2 Å². The smallest absolute Gasteiger partial charge is 0.109 e. The second kappa shape index (κ2) is 4.78. The van der Waals surface area contributed by atoms with Gasteiger partial charge in [-0.3, -0.25) is 4.90 Å². The maximum Gasteiger partial charge on any atom is 0.109 e. The monoisotopic (exact) mass is 236 g/mol. The maximum atomic E-state index is 4.38. The molecule has 0 aromatic carbocycles. The van der Waals surface area contributed by atoms with Crippen molar-refractivity contribution >= 4 is 0 Å². The lowest BCUT2D eigenvalue weighted by molar-refractivity contribution is 0.105. The molecule has 2 heterocycles. The zero-order valence-corrected chi connectivity index (χ0v) is 11.4. The lowest BCUT2D eigenvalue weighted by atomic mass is 9.99. The second-order valence-corrected chi connectivity index (χ2v) is 5.79. The zero-order valence-electron chi connectivity index (χ0n) is 11.4. The molecule has 0 radical (unpaired) electrons. The Labute approximate surface area is 104 Å². The number of hydrogen-bond donors (Lipinski definition) is 1. The van der Waals surface area contributed by atoms with Gasteiger partial charge in [0.1, 0.15) is 5.82 Å². The molecule has 1 aromatic rings. The molecule has 1 fully saturated rings. The van der Waals surface area contributed by atoms with E-state index in [1.807, 2.05) is 12.4 Å². The Morgan fingerprint density at radius 1 is 1.53 bits per heavy atom. The predicted octanol–water partition coefficient (Wildman–Crippen LogP) is 1.03. The Bertz CT molecular complexity index is 369. The third-order valence-corrected chi connectivity index (χ3v) is 3.64. The molecule has 1 saturated heterocycles. The van der Waals surface area contributed by atoms with Crippen molar-refractivity contribution in [2.75, 3.05) is 19.6 Å². The highest BCUT2D eigenvalue weighted by Gasteiger charge is 2.29. The highest BCUT2D eigenvalue weighted by atomic mass is 15.2. The first-order valence-electron chi connectivity index (χ1n) is 6.43. The second-order valence-electron chi connectivity index (χ2n) is 5.79. The number of aromatic nitrogens is 2. The van der Waals surface area contributed by atoms with Crippen LogP contribution in [0.4, 0.5) is 0 Å². The molecule has 1 aliphatic heterocycles. The molecule has 0 amide bonds. The van der Waals surface area contributed by atoms with Crippen LogP contribution in [0.3, 0.4) is 0 Å². The molecule has 1 aliphatic rings. The Morgan fingerprint density at radius 2 is 2.29 bits per heavy atom. The van der Waals surface area contributed by atoms with Crippen LogP contribution in [-0.2, 0) is 13.5 Å². The van der Waals surface area contributed by atoms with E-state index in [9.17, 15) is 0 Å². The van der Waals surface area contributed by atoms with Crippen molar-refractivity contribution in [3.63, 3.8) is 0 Å². The third kappa shape index (κ3) is 3.07. The molecule has 96 valence electrons. The summed E-state index contributed by atoms with van der Waals surface area (Å²) in [5.41, 5.74) is 0.230. The zero-order chi connectivity index (χ0) is 12.5. The van der Waals surface area contributed by atoms with E-state index in [0.717, 1.165) is 26.1 Å². The van der Waals surface area contributed by atoms with Crippen molar-refractivity contribution < 1.29 is 0 Å². The largest absolute Gasteiger partial charge is 0.338 e. The molecular weight excluding hydrogens is 212 g/mol. The molecule has 2 rings (SSSR count). The van der Waals surface area contributed by atoms with E-state index in [1.165, 1.54) is 5.82 Å². The van der Waals surface area contributed by atoms with E-state index < -0.39 is 0 Å². The van der Waals surface area contributed by atoms with Gasteiger partial charge in [-0.1, -0.05) is 0 Å². The standard InChI is InChI=1S/C13H24N4/c1-11-9-15-13(2,3)10-17(11)7-5-12-14-6-8-16(12)4/h6,8,11,15H,5,7,9-10H2,1-4H3. The van der Waals surface area contributed by atoms with Gasteiger partial charge in [-0.2, -0.15) is 0 Å². The van der Waals surface area contributed by atoms with Gasteiger partial charge in [0.15, 0.2) is 0 Å². The summed E-state index contributed by atoms with van der Waals surface area (Å²) in [5.74, 6) is 1.17. The molecule has 4 nitrogen and oxygen atoms in total. The maximum absolute atomic E-state index is 4.38. The number of nitrogens with zero attached hydrogens (tertiary/aromatic N) is 3. The average molecular weight is 236 g/mol. The highest BCUT2D eigenvalue weighted by molar-refractivity contribution is 4.95. The number of aryl methyl sites for hydroxylation is 1. The molecule has 1 N–H and O–H groups in total. The van der Waals surface area contributed by atoms with Crippen LogP contribution in [0.2, 0.25) is 0 Å². The quantitative estimate of drug-likeness (QED) is 0.851. The average Bonchev–Trinajstić information content (AvgIpc) is 2.66. The fourth-order valence-corrected chi connectivity index (χ4v) is 2.45. The fraction of sp³-hybridized carbons (Fsp3) is 0.769. The summed E-state index contributed by atoms with van der Waals surface area (Å²) in [6, 6.07) is 0.614. The molecule has 0 saturated carbocycles. The fourth-order valence-electron chi connectivity index (χ4n) is 2.45. The minimum Gasteiger partial charge on any atom is -0.338 e. The lowest BCUT2D eigenvalue weighted by Crippen LogP contribution is -2.61. The van der Waals surface area contributed by atoms with E-state index in [1.54, 1.807) is 0 Å². The van der Waals surface area contributed by atoms with Gasteiger partial charge in [0, 0.05) is 57.1 Å². The molecule has 0 spiro atoms. The molecule has 4 heteroatoms. The van der Waals surface area contributed by atoms with Gasteiger partial charge in [0.05, 0.1) is 0 Å². The topological polar surface area (TPSA) is 33.1 Å². The van der Waals surface area contributed by atoms with Gasteiger partial charge in [0.25, 0.3) is 0 Å². The third-order valence-electron chi connectivity index (χ3n) is 3.64. The van der Waals surface area contributed by atoms with E-state index in [4.69, 9.17) is 0 Å². The van der Waals surface area contributed by atoms with Crippen molar-refractivity contribution in [3.8, 4) is 0 Å². The van der Waals surface area contributed by atoms with Gasteiger partial charge in [-0.05, 0) is 20.8 Å². The Kier molecular flexibility index (Phi) is 3.54. The number of rotatable bonds is 3. The SMILES string of the molecule is CC1CNC(C)(C)CN1CCc1nccn1C. The van der Waals surface area contributed by atoms with Crippen molar-refractivity contribution in [2.45, 2.75) is 38.8 Å². The first-order valence-corrected chi connectivity index (χ1v) is 6.43. The molecule has 0 aliphatic carbocycles. The summed E-state index contributed by atoms with van der Waals surface area (Å²) in [5, 5.41) is 3.58. The summed E-state index contributed by atoms with van der Waals surface area (Å²) in [6.45, 7) is 10.1. The first kappa shape index (κ1) is 12.6. The van der Waals surface area contributed by atoms with Crippen LogP contribution in [0, 0.1) is 0 Å². The summed E-state index contributed by atoms with van der Waals surface area (Å²) in [6.07, 6.45) is 4.92. The summed E-state index contributed by atoms with van der Waals surface area (Å²) in [4.78, 5) is 6.94. The molecular formula is C13H24N4. The minimum absolute atomic E-state index is 0.230. The van der Waals surface area contributed by atoms with E-state index in [-0.39, 0.29) is 5.54 Å². The van der Waals surface area contributed by atoms with Crippen LogP contribution in [0.1, 0.15) is 26.6 Å². The van der Waals surface area contributed by atoms with Crippen LogP contribution in [0.15, 0.2) is 12.4 Å². The van der Waals surface area contributed by atoms with Crippen LogP contribution >= 0.6 is 0 Å². The first-order chi connectivity index (χ1) is 7.98. The van der Waals surface area contributed by atoms with E-state index >= 15 is 0 Å². The number of nitrogens with one attached hydrogen (secondary N) is 1. The van der Waals surface area contributed by atoms with Crippen LogP contribution in [0.5, 0.6) is 0 Å². The minimum atomic E-state index is 0.230. The van der Waals surface area contributed by atoms with Crippen molar-refractivity contribution in [1.29, 1.82) is 0 Å². The van der Waals surface area contributed by atoms with E-state index in [2.05, 4.69) is 47.6 Å².